The van der Waals surface area contributed by atoms with Crippen molar-refractivity contribution in [3.8, 4) is 0 Å². The van der Waals surface area contributed by atoms with Crippen LogP contribution in [0.4, 0.5) is 0 Å². The number of benzene rings is 1. The number of likely N-dealkylation sites (tertiary alicyclic amines) is 1. The molecule has 2 fully saturated rings. The molecule has 3 rings (SSSR count). The molecule has 6 heteroatoms. The second-order valence-electron chi connectivity index (χ2n) is 6.73. The predicted octanol–water partition coefficient (Wildman–Crippen LogP) is 1.97. The van der Waals surface area contributed by atoms with Gasteiger partial charge in [0.05, 0.1) is 0 Å². The Hall–Kier alpha value is -1.59. The van der Waals surface area contributed by atoms with Crippen molar-refractivity contribution < 1.29 is 9.59 Å². The van der Waals surface area contributed by atoms with Gasteiger partial charge in [-0.3, -0.25) is 9.59 Å². The number of carbonyl (C=O) groups is 2. The molecule has 5 nitrogen and oxygen atoms in total. The number of rotatable bonds is 5. The van der Waals surface area contributed by atoms with E-state index in [0.29, 0.717) is 19.5 Å². The quantitative estimate of drug-likeness (QED) is 0.851. The van der Waals surface area contributed by atoms with Crippen LogP contribution in [-0.2, 0) is 22.7 Å². The van der Waals surface area contributed by atoms with Crippen molar-refractivity contribution >= 4 is 24.2 Å². The van der Waals surface area contributed by atoms with E-state index >= 15 is 0 Å². The van der Waals surface area contributed by atoms with Crippen LogP contribution >= 0.6 is 12.4 Å². The molecule has 1 aliphatic heterocycles. The molecule has 1 aromatic rings. The molecule has 3 N–H and O–H groups in total. The molecule has 0 bridgehead atoms. The summed E-state index contributed by atoms with van der Waals surface area (Å²) in [6.45, 7) is 2.05. The lowest BCUT2D eigenvalue weighted by atomic mass is 10.1. The molecule has 1 saturated carbocycles. The number of nitrogens with zero attached hydrogens (tertiary/aromatic N) is 1. The highest BCUT2D eigenvalue weighted by molar-refractivity contribution is 5.85. The lowest BCUT2D eigenvalue weighted by molar-refractivity contribution is -0.128. The highest BCUT2D eigenvalue weighted by Crippen LogP contribution is 2.24. The van der Waals surface area contributed by atoms with Crippen molar-refractivity contribution in [1.29, 1.82) is 0 Å². The highest BCUT2D eigenvalue weighted by Gasteiger charge is 2.27. The number of carbonyl (C=O) groups excluding carboxylic acids is 2. The first-order valence-electron chi connectivity index (χ1n) is 8.50. The maximum atomic E-state index is 12.2. The van der Waals surface area contributed by atoms with Crippen LogP contribution < -0.4 is 11.1 Å². The molecular weight excluding hydrogens is 326 g/mol. The normalized spacial score (nSPS) is 23.2. The Morgan fingerprint density at radius 2 is 2.08 bits per heavy atom. The Labute approximate surface area is 149 Å². The van der Waals surface area contributed by atoms with Gasteiger partial charge in [0, 0.05) is 38.0 Å². The van der Waals surface area contributed by atoms with Gasteiger partial charge in [0.15, 0.2) is 0 Å². The second-order valence-corrected chi connectivity index (χ2v) is 6.73. The van der Waals surface area contributed by atoms with Gasteiger partial charge < -0.3 is 16.0 Å². The van der Waals surface area contributed by atoms with Crippen LogP contribution in [0.25, 0.3) is 0 Å². The molecule has 24 heavy (non-hydrogen) atoms. The molecule has 1 aliphatic carbocycles. The number of hydrogen-bond acceptors (Lipinski definition) is 3. The standard InChI is InChI=1S/C18H25N3O2.ClH/c19-16-7-6-15(10-16)18(23)20-11-13-3-1-4-14(9-13)12-21-8-2-5-17(21)22;/h1,3-4,9,15-16H,2,5-8,10-12,19H2,(H,20,23);1H. The van der Waals surface area contributed by atoms with E-state index in [2.05, 4.69) is 11.4 Å². The molecule has 1 heterocycles. The van der Waals surface area contributed by atoms with Crippen molar-refractivity contribution in [3.05, 3.63) is 35.4 Å². The van der Waals surface area contributed by atoms with Crippen LogP contribution in [0.2, 0.25) is 0 Å². The van der Waals surface area contributed by atoms with E-state index in [1.165, 1.54) is 0 Å². The maximum absolute atomic E-state index is 12.2. The molecule has 0 aromatic heterocycles. The largest absolute Gasteiger partial charge is 0.352 e. The molecule has 2 aliphatic rings. The van der Waals surface area contributed by atoms with E-state index in [1.807, 2.05) is 23.1 Å². The average molecular weight is 352 g/mol. The van der Waals surface area contributed by atoms with Gasteiger partial charge in [-0.15, -0.1) is 12.4 Å². The summed E-state index contributed by atoms with van der Waals surface area (Å²) in [6, 6.07) is 8.28. The van der Waals surface area contributed by atoms with Crippen LogP contribution in [-0.4, -0.2) is 29.3 Å². The summed E-state index contributed by atoms with van der Waals surface area (Å²) in [6.07, 6.45) is 4.25. The maximum Gasteiger partial charge on any atom is 0.223 e. The van der Waals surface area contributed by atoms with Crippen molar-refractivity contribution in [3.63, 3.8) is 0 Å². The number of amides is 2. The van der Waals surface area contributed by atoms with Gasteiger partial charge in [-0.05, 0) is 36.8 Å². The lowest BCUT2D eigenvalue weighted by Gasteiger charge is -2.16. The number of nitrogens with two attached hydrogens (primary N) is 1. The van der Waals surface area contributed by atoms with Crippen molar-refractivity contribution in [1.82, 2.24) is 10.2 Å². The van der Waals surface area contributed by atoms with Crippen molar-refractivity contribution in [2.24, 2.45) is 11.7 Å². The van der Waals surface area contributed by atoms with Gasteiger partial charge in [0.1, 0.15) is 0 Å². The zero-order valence-electron chi connectivity index (χ0n) is 13.9. The fourth-order valence-electron chi connectivity index (χ4n) is 3.52. The third-order valence-corrected chi connectivity index (χ3v) is 4.85. The Morgan fingerprint density at radius 3 is 2.75 bits per heavy atom. The fourth-order valence-corrected chi connectivity index (χ4v) is 3.52. The highest BCUT2D eigenvalue weighted by atomic mass is 35.5. The molecule has 0 radical (unpaired) electrons. The summed E-state index contributed by atoms with van der Waals surface area (Å²) in [7, 11) is 0. The van der Waals surface area contributed by atoms with E-state index in [4.69, 9.17) is 5.73 Å². The first-order chi connectivity index (χ1) is 11.1. The average Bonchev–Trinajstić information content (AvgIpc) is 3.15. The third kappa shape index (κ3) is 4.71. The van der Waals surface area contributed by atoms with Gasteiger partial charge in [-0.2, -0.15) is 0 Å². The van der Waals surface area contributed by atoms with Crippen LogP contribution in [0.3, 0.4) is 0 Å². The minimum Gasteiger partial charge on any atom is -0.352 e. The van der Waals surface area contributed by atoms with Gasteiger partial charge in [0.25, 0.3) is 0 Å². The Balaban J connectivity index is 0.00000208. The Bertz CT molecular complexity index is 593. The van der Waals surface area contributed by atoms with E-state index in [9.17, 15) is 9.59 Å². The second kappa shape index (κ2) is 8.49. The topological polar surface area (TPSA) is 75.4 Å². The fraction of sp³-hybridized carbons (Fsp3) is 0.556. The third-order valence-electron chi connectivity index (χ3n) is 4.85. The Kier molecular flexibility index (Phi) is 6.63. The molecule has 2 atom stereocenters. The Morgan fingerprint density at radius 1 is 1.29 bits per heavy atom. The molecule has 0 spiro atoms. The van der Waals surface area contributed by atoms with Crippen molar-refractivity contribution in [2.45, 2.75) is 51.2 Å². The van der Waals surface area contributed by atoms with Crippen LogP contribution in [0.15, 0.2) is 24.3 Å². The lowest BCUT2D eigenvalue weighted by Crippen LogP contribution is -2.30. The van der Waals surface area contributed by atoms with Crippen LogP contribution in [0.5, 0.6) is 0 Å². The smallest absolute Gasteiger partial charge is 0.223 e. The SMILES string of the molecule is Cl.NC1CCC(C(=O)NCc2cccc(CN3CCCC3=O)c2)C1. The molecule has 132 valence electrons. The summed E-state index contributed by atoms with van der Waals surface area (Å²) in [5, 5.41) is 3.02. The summed E-state index contributed by atoms with van der Waals surface area (Å²) < 4.78 is 0. The summed E-state index contributed by atoms with van der Waals surface area (Å²) in [5.41, 5.74) is 8.06. The molecule has 2 unspecified atom stereocenters. The zero-order chi connectivity index (χ0) is 16.2. The van der Waals surface area contributed by atoms with Gasteiger partial charge >= 0.3 is 0 Å². The summed E-state index contributed by atoms with van der Waals surface area (Å²) >= 11 is 0. The van der Waals surface area contributed by atoms with Crippen molar-refractivity contribution in [2.75, 3.05) is 6.54 Å². The number of halogens is 1. The zero-order valence-corrected chi connectivity index (χ0v) is 14.7. The van der Waals surface area contributed by atoms with E-state index in [-0.39, 0.29) is 36.2 Å². The first-order valence-corrected chi connectivity index (χ1v) is 8.50. The monoisotopic (exact) mass is 351 g/mol. The van der Waals surface area contributed by atoms with E-state index < -0.39 is 0 Å². The number of nitrogens with one attached hydrogen (secondary N) is 1. The van der Waals surface area contributed by atoms with Crippen LogP contribution in [0.1, 0.15) is 43.2 Å². The number of hydrogen-bond donors (Lipinski definition) is 2. The summed E-state index contributed by atoms with van der Waals surface area (Å²) in [4.78, 5) is 25.8. The molecule has 1 saturated heterocycles. The summed E-state index contributed by atoms with van der Waals surface area (Å²) in [5.74, 6) is 0.412. The minimum atomic E-state index is 0. The minimum absolute atomic E-state index is 0. The molecular formula is C18H26ClN3O2. The van der Waals surface area contributed by atoms with Gasteiger partial charge in [0.2, 0.25) is 11.8 Å². The van der Waals surface area contributed by atoms with E-state index in [1.54, 1.807) is 0 Å². The van der Waals surface area contributed by atoms with Gasteiger partial charge in [-0.1, -0.05) is 24.3 Å². The van der Waals surface area contributed by atoms with Crippen LogP contribution in [0, 0.1) is 5.92 Å². The molecule has 1 aromatic carbocycles. The van der Waals surface area contributed by atoms with E-state index in [0.717, 1.165) is 43.4 Å². The van der Waals surface area contributed by atoms with Gasteiger partial charge in [-0.25, -0.2) is 0 Å². The molecule has 2 amide bonds. The predicted molar refractivity (Wildman–Crippen MR) is 95.5 cm³/mol. The first kappa shape index (κ1) is 18.7.